The maximum Gasteiger partial charge on any atom is 0.214 e. The van der Waals surface area contributed by atoms with Crippen LogP contribution in [0.25, 0.3) is 11.2 Å². The number of hydrogen-bond donors (Lipinski definition) is 0. The highest BCUT2D eigenvalue weighted by molar-refractivity contribution is 6.17. The van der Waals surface area contributed by atoms with Gasteiger partial charge in [-0.05, 0) is 13.3 Å². The number of nitrogens with zero attached hydrogens (tertiary/aromatic N) is 5. The Balaban J connectivity index is 2.13. The molecule has 3 heterocycles. The molecule has 3 rings (SSSR count). The molecule has 6 nitrogen and oxygen atoms in total. The molecule has 0 radical (unpaired) electrons. The fraction of sp³-hybridized carbons (Fsp3) is 0.500. The van der Waals surface area contributed by atoms with Gasteiger partial charge in [-0.25, -0.2) is 9.97 Å². The molecule has 0 unspecified atom stereocenters. The third kappa shape index (κ3) is 2.44. The summed E-state index contributed by atoms with van der Waals surface area (Å²) in [5.41, 5.74) is 2.94. The summed E-state index contributed by atoms with van der Waals surface area (Å²) in [6, 6.07) is 0. The van der Waals surface area contributed by atoms with Crippen molar-refractivity contribution in [3.05, 3.63) is 29.4 Å². The van der Waals surface area contributed by atoms with Crippen LogP contribution < -0.4 is 0 Å². The molecule has 0 aliphatic carbocycles. The molecule has 3 aromatic heterocycles. The Bertz CT molecular complexity index is 770. The van der Waals surface area contributed by atoms with E-state index in [1.54, 1.807) is 6.20 Å². The standard InChI is InChI=1S/C14H18ClN5O/c1-4-10-13-14(19(3)18-10)20(11(17-13)5-6-15)8-12-16-7-9(2)21-12/h7H,4-6,8H2,1-3H3. The van der Waals surface area contributed by atoms with Crippen molar-refractivity contribution in [1.82, 2.24) is 24.3 Å². The highest BCUT2D eigenvalue weighted by Gasteiger charge is 2.19. The number of rotatable bonds is 5. The summed E-state index contributed by atoms with van der Waals surface area (Å²) >= 11 is 5.91. The first-order chi connectivity index (χ1) is 10.1. The Morgan fingerprint density at radius 3 is 2.81 bits per heavy atom. The van der Waals surface area contributed by atoms with Crippen molar-refractivity contribution < 1.29 is 4.42 Å². The second kappa shape index (κ2) is 5.52. The maximum atomic E-state index is 5.91. The van der Waals surface area contributed by atoms with E-state index in [0.717, 1.165) is 34.9 Å². The van der Waals surface area contributed by atoms with Gasteiger partial charge >= 0.3 is 0 Å². The third-order valence-corrected chi connectivity index (χ3v) is 3.67. The second-order valence-electron chi connectivity index (χ2n) is 5.01. The summed E-state index contributed by atoms with van der Waals surface area (Å²) in [5.74, 6) is 2.95. The molecule has 112 valence electrons. The fourth-order valence-electron chi connectivity index (χ4n) is 2.58. The molecule has 0 aliphatic heterocycles. The molecule has 0 fully saturated rings. The molecule has 0 spiro atoms. The minimum Gasteiger partial charge on any atom is -0.444 e. The minimum atomic E-state index is 0.531. The molecule has 3 aromatic rings. The zero-order chi connectivity index (χ0) is 15.0. The van der Waals surface area contributed by atoms with Gasteiger partial charge < -0.3 is 8.98 Å². The number of imidazole rings is 1. The number of oxazole rings is 1. The van der Waals surface area contributed by atoms with Gasteiger partial charge in [-0.2, -0.15) is 5.10 Å². The molecule has 0 N–H and O–H groups in total. The van der Waals surface area contributed by atoms with Crippen LogP contribution in [-0.4, -0.2) is 30.2 Å². The van der Waals surface area contributed by atoms with Crippen LogP contribution in [0.1, 0.15) is 30.1 Å². The van der Waals surface area contributed by atoms with Gasteiger partial charge in [0.25, 0.3) is 0 Å². The molecule has 0 aliphatic rings. The summed E-state index contributed by atoms with van der Waals surface area (Å²) in [6.07, 6.45) is 3.29. The van der Waals surface area contributed by atoms with Crippen LogP contribution in [0.15, 0.2) is 10.6 Å². The van der Waals surface area contributed by atoms with Crippen LogP contribution in [0.3, 0.4) is 0 Å². The monoisotopic (exact) mass is 307 g/mol. The van der Waals surface area contributed by atoms with Crippen LogP contribution in [0.4, 0.5) is 0 Å². The zero-order valence-electron chi connectivity index (χ0n) is 12.4. The lowest BCUT2D eigenvalue weighted by atomic mass is 10.3. The van der Waals surface area contributed by atoms with Crippen molar-refractivity contribution in [2.24, 2.45) is 7.05 Å². The molecule has 0 bridgehead atoms. The van der Waals surface area contributed by atoms with E-state index in [-0.39, 0.29) is 0 Å². The van der Waals surface area contributed by atoms with Gasteiger partial charge in [0.1, 0.15) is 23.6 Å². The summed E-state index contributed by atoms with van der Waals surface area (Å²) in [7, 11) is 1.94. The molecule has 21 heavy (non-hydrogen) atoms. The lowest BCUT2D eigenvalue weighted by Gasteiger charge is -2.06. The number of hydrogen-bond acceptors (Lipinski definition) is 4. The van der Waals surface area contributed by atoms with Crippen molar-refractivity contribution in [3.8, 4) is 0 Å². The first kappa shape index (κ1) is 14.1. The van der Waals surface area contributed by atoms with Crippen LogP contribution in [-0.2, 0) is 26.4 Å². The van der Waals surface area contributed by atoms with Crippen molar-refractivity contribution in [3.63, 3.8) is 0 Å². The van der Waals surface area contributed by atoms with E-state index in [4.69, 9.17) is 21.0 Å². The Hall–Kier alpha value is -1.82. The first-order valence-corrected chi connectivity index (χ1v) is 7.55. The Labute approximate surface area is 127 Å². The molecular formula is C14H18ClN5O. The Morgan fingerprint density at radius 1 is 1.38 bits per heavy atom. The van der Waals surface area contributed by atoms with E-state index in [1.807, 2.05) is 18.7 Å². The first-order valence-electron chi connectivity index (χ1n) is 7.02. The SMILES string of the molecule is CCc1nn(C)c2c1nc(CCCl)n2Cc1ncc(C)o1. The number of fused-ring (bicyclic) bond motifs is 1. The predicted octanol–water partition coefficient (Wildman–Crippen LogP) is 2.46. The van der Waals surface area contributed by atoms with Gasteiger partial charge in [0.2, 0.25) is 5.89 Å². The van der Waals surface area contributed by atoms with Gasteiger partial charge in [-0.3, -0.25) is 4.68 Å². The van der Waals surface area contributed by atoms with Gasteiger partial charge in [0.05, 0.1) is 11.9 Å². The van der Waals surface area contributed by atoms with Crippen molar-refractivity contribution >= 4 is 22.8 Å². The summed E-state index contributed by atoms with van der Waals surface area (Å²) in [4.78, 5) is 9.00. The lowest BCUT2D eigenvalue weighted by Crippen LogP contribution is -2.09. The predicted molar refractivity (Wildman–Crippen MR) is 80.6 cm³/mol. The van der Waals surface area contributed by atoms with Crippen LogP contribution >= 0.6 is 11.6 Å². The average Bonchev–Trinajstić information content (AvgIpc) is 3.09. The zero-order valence-corrected chi connectivity index (χ0v) is 13.2. The molecule has 0 atom stereocenters. The molecule has 7 heteroatoms. The van der Waals surface area contributed by atoms with Crippen LogP contribution in [0.5, 0.6) is 0 Å². The highest BCUT2D eigenvalue weighted by Crippen LogP contribution is 2.22. The summed E-state index contributed by atoms with van der Waals surface area (Å²) in [6.45, 7) is 4.51. The smallest absolute Gasteiger partial charge is 0.214 e. The number of aromatic nitrogens is 5. The van der Waals surface area contributed by atoms with E-state index in [1.165, 1.54) is 0 Å². The van der Waals surface area contributed by atoms with E-state index < -0.39 is 0 Å². The minimum absolute atomic E-state index is 0.531. The quantitative estimate of drug-likeness (QED) is 0.679. The topological polar surface area (TPSA) is 61.7 Å². The average molecular weight is 308 g/mol. The summed E-state index contributed by atoms with van der Waals surface area (Å²) in [5, 5.41) is 4.53. The van der Waals surface area contributed by atoms with Gasteiger partial charge in [0.15, 0.2) is 5.65 Å². The van der Waals surface area contributed by atoms with E-state index in [2.05, 4.69) is 21.6 Å². The van der Waals surface area contributed by atoms with Gasteiger partial charge in [-0.1, -0.05) is 6.92 Å². The second-order valence-corrected chi connectivity index (χ2v) is 5.39. The van der Waals surface area contributed by atoms with Gasteiger partial charge in [-0.15, -0.1) is 11.6 Å². The highest BCUT2D eigenvalue weighted by atomic mass is 35.5. The molecule has 0 saturated heterocycles. The fourth-order valence-corrected chi connectivity index (χ4v) is 2.75. The summed E-state index contributed by atoms with van der Waals surface area (Å²) < 4.78 is 9.55. The molecular weight excluding hydrogens is 290 g/mol. The maximum absolute atomic E-state index is 5.91. The number of alkyl halides is 1. The van der Waals surface area contributed by atoms with Crippen molar-refractivity contribution in [1.29, 1.82) is 0 Å². The normalized spacial score (nSPS) is 11.6. The lowest BCUT2D eigenvalue weighted by molar-refractivity contribution is 0.455. The number of halogens is 1. The van der Waals surface area contributed by atoms with Crippen LogP contribution in [0, 0.1) is 6.92 Å². The van der Waals surface area contributed by atoms with E-state index in [9.17, 15) is 0 Å². The largest absolute Gasteiger partial charge is 0.444 e. The molecule has 0 aromatic carbocycles. The van der Waals surface area contributed by atoms with Crippen molar-refractivity contribution in [2.45, 2.75) is 33.2 Å². The number of aryl methyl sites for hydroxylation is 4. The van der Waals surface area contributed by atoms with Crippen molar-refractivity contribution in [2.75, 3.05) is 5.88 Å². The van der Waals surface area contributed by atoms with E-state index >= 15 is 0 Å². The Kier molecular flexibility index (Phi) is 3.71. The molecule has 0 saturated carbocycles. The van der Waals surface area contributed by atoms with Gasteiger partial charge in [0, 0.05) is 19.3 Å². The van der Waals surface area contributed by atoms with Crippen LogP contribution in [0.2, 0.25) is 0 Å². The molecule has 0 amide bonds. The third-order valence-electron chi connectivity index (χ3n) is 3.49. The Morgan fingerprint density at radius 2 is 2.19 bits per heavy atom. The van der Waals surface area contributed by atoms with E-state index in [0.29, 0.717) is 24.7 Å².